The van der Waals surface area contributed by atoms with E-state index in [0.717, 1.165) is 30.5 Å². The van der Waals surface area contributed by atoms with E-state index in [1.807, 2.05) is 6.92 Å². The summed E-state index contributed by atoms with van der Waals surface area (Å²) in [5, 5.41) is 0. The van der Waals surface area contributed by atoms with E-state index in [-0.39, 0.29) is 5.97 Å². The van der Waals surface area contributed by atoms with Crippen molar-refractivity contribution in [3.8, 4) is 11.8 Å². The third kappa shape index (κ3) is 1.35. The first-order chi connectivity index (χ1) is 9.24. The fraction of sp³-hybridized carbons (Fsp3) is 0.562. The van der Waals surface area contributed by atoms with Crippen LogP contribution in [-0.4, -0.2) is 35.1 Å². The second kappa shape index (κ2) is 3.74. The Bertz CT molecular complexity index is 577. The highest BCUT2D eigenvalue weighted by Crippen LogP contribution is 2.53. The molecule has 1 aliphatic carbocycles. The number of hydrogen-bond acceptors (Lipinski definition) is 3. The summed E-state index contributed by atoms with van der Waals surface area (Å²) in [4.78, 5) is 14.4. The Hall–Kier alpha value is -1.53. The third-order valence-electron chi connectivity index (χ3n) is 4.93. The monoisotopic (exact) mass is 255 g/mol. The van der Waals surface area contributed by atoms with Gasteiger partial charge in [0.15, 0.2) is 5.60 Å². The van der Waals surface area contributed by atoms with Crippen molar-refractivity contribution in [2.24, 2.45) is 0 Å². The number of ether oxygens (including phenoxy) is 1. The van der Waals surface area contributed by atoms with Crippen molar-refractivity contribution in [2.45, 2.75) is 50.3 Å². The van der Waals surface area contributed by atoms with Crippen molar-refractivity contribution in [2.75, 3.05) is 6.54 Å². The van der Waals surface area contributed by atoms with Gasteiger partial charge in [-0.2, -0.15) is 0 Å². The molecule has 0 aromatic heterocycles. The lowest BCUT2D eigenvalue weighted by atomic mass is 9.77. The van der Waals surface area contributed by atoms with Gasteiger partial charge in [-0.3, -0.25) is 4.90 Å². The van der Waals surface area contributed by atoms with Gasteiger partial charge in [0.25, 0.3) is 0 Å². The topological polar surface area (TPSA) is 29.5 Å². The molecule has 0 amide bonds. The summed E-state index contributed by atoms with van der Waals surface area (Å²) < 4.78 is 5.81. The van der Waals surface area contributed by atoms with E-state index in [9.17, 15) is 4.79 Å². The average molecular weight is 255 g/mol. The van der Waals surface area contributed by atoms with E-state index < -0.39 is 5.60 Å². The maximum atomic E-state index is 11.8. The zero-order chi connectivity index (χ0) is 13.0. The van der Waals surface area contributed by atoms with Crippen LogP contribution in [-0.2, 0) is 9.53 Å². The minimum absolute atomic E-state index is 0.188. The summed E-state index contributed by atoms with van der Waals surface area (Å²) in [6, 6.07) is 0.751. The second-order valence-corrected chi connectivity index (χ2v) is 5.84. The average Bonchev–Trinajstić information content (AvgIpc) is 2.88. The highest BCUT2D eigenvalue weighted by molar-refractivity contribution is 5.90. The molecule has 0 saturated carbocycles. The Morgan fingerprint density at radius 1 is 1.47 bits per heavy atom. The molecule has 98 valence electrons. The molecule has 3 aliphatic heterocycles. The van der Waals surface area contributed by atoms with Gasteiger partial charge in [-0.15, -0.1) is 5.92 Å². The lowest BCUT2D eigenvalue weighted by molar-refractivity contribution is -0.148. The molecule has 0 aromatic carbocycles. The van der Waals surface area contributed by atoms with Crippen LogP contribution in [0.5, 0.6) is 0 Å². The van der Waals surface area contributed by atoms with E-state index in [1.165, 1.54) is 12.8 Å². The van der Waals surface area contributed by atoms with Gasteiger partial charge < -0.3 is 4.74 Å². The van der Waals surface area contributed by atoms with Crippen LogP contribution in [0.25, 0.3) is 0 Å². The molecule has 19 heavy (non-hydrogen) atoms. The van der Waals surface area contributed by atoms with E-state index in [1.54, 1.807) is 6.08 Å². The van der Waals surface area contributed by atoms with Gasteiger partial charge in [-0.05, 0) is 26.3 Å². The third-order valence-corrected chi connectivity index (χ3v) is 4.93. The first-order valence-electron chi connectivity index (χ1n) is 7.10. The predicted molar refractivity (Wildman–Crippen MR) is 71.2 cm³/mol. The fourth-order valence-electron chi connectivity index (χ4n) is 4.30. The molecule has 4 rings (SSSR count). The molecule has 0 N–H and O–H groups in total. The maximum Gasteiger partial charge on any atom is 0.332 e. The van der Waals surface area contributed by atoms with Gasteiger partial charge in [0.1, 0.15) is 0 Å². The second-order valence-electron chi connectivity index (χ2n) is 5.84. The van der Waals surface area contributed by atoms with Crippen molar-refractivity contribution >= 4 is 5.97 Å². The predicted octanol–water partition coefficient (Wildman–Crippen LogP) is 1.80. The Morgan fingerprint density at radius 3 is 3.21 bits per heavy atom. The Morgan fingerprint density at radius 2 is 2.37 bits per heavy atom. The molecule has 4 aliphatic rings. The number of piperidine rings is 1. The molecule has 3 heterocycles. The number of hydrogen-bond donors (Lipinski definition) is 0. The van der Waals surface area contributed by atoms with Crippen molar-refractivity contribution in [1.29, 1.82) is 0 Å². The van der Waals surface area contributed by atoms with E-state index in [4.69, 9.17) is 4.74 Å². The van der Waals surface area contributed by atoms with Gasteiger partial charge >= 0.3 is 5.97 Å². The minimum Gasteiger partial charge on any atom is -0.449 e. The van der Waals surface area contributed by atoms with Gasteiger partial charge in [0.05, 0.1) is 6.04 Å². The summed E-state index contributed by atoms with van der Waals surface area (Å²) in [5.41, 5.74) is 1.66. The van der Waals surface area contributed by atoms with Gasteiger partial charge in [0, 0.05) is 29.7 Å². The molecule has 2 fully saturated rings. The highest BCUT2D eigenvalue weighted by atomic mass is 16.6. The first-order valence-corrected chi connectivity index (χ1v) is 7.10. The quantitative estimate of drug-likeness (QED) is 0.488. The standard InChI is InChI=1S/C16H17NO2/c1-2-5-11-8-12-10-16(13(11)9-15(18)19-16)14-6-3-4-7-17(12)14/h8-9,12,14H,3-4,6-7,10H2,1H3/t12-,14-,16+/m1/s1. The smallest absolute Gasteiger partial charge is 0.332 e. The maximum absolute atomic E-state index is 11.8. The van der Waals surface area contributed by atoms with Crippen molar-refractivity contribution < 1.29 is 9.53 Å². The zero-order valence-electron chi connectivity index (χ0n) is 11.1. The summed E-state index contributed by atoms with van der Waals surface area (Å²) in [6.07, 6.45) is 8.44. The zero-order valence-corrected chi connectivity index (χ0v) is 11.1. The van der Waals surface area contributed by atoms with Crippen LogP contribution >= 0.6 is 0 Å². The number of rotatable bonds is 0. The number of nitrogens with zero attached hydrogens (tertiary/aromatic N) is 1. The number of fused-ring (bicyclic) bond motifs is 3. The first kappa shape index (κ1) is 11.3. The lowest BCUT2D eigenvalue weighted by Crippen LogP contribution is -2.48. The molecule has 3 heteroatoms. The van der Waals surface area contributed by atoms with Crippen LogP contribution < -0.4 is 0 Å². The minimum atomic E-state index is -0.393. The molecule has 0 radical (unpaired) electrons. The lowest BCUT2D eigenvalue weighted by Gasteiger charge is -2.38. The molecule has 1 spiro atoms. The number of carbonyl (C=O) groups is 1. The molecular weight excluding hydrogens is 238 g/mol. The highest BCUT2D eigenvalue weighted by Gasteiger charge is 2.61. The Labute approximate surface area is 113 Å². The molecule has 3 atom stereocenters. The van der Waals surface area contributed by atoms with Crippen LogP contribution in [0.1, 0.15) is 32.6 Å². The van der Waals surface area contributed by atoms with Gasteiger partial charge in [-0.1, -0.05) is 18.4 Å². The summed E-state index contributed by atoms with van der Waals surface area (Å²) in [6.45, 7) is 2.96. The largest absolute Gasteiger partial charge is 0.449 e. The van der Waals surface area contributed by atoms with Crippen LogP contribution in [0.15, 0.2) is 23.3 Å². The van der Waals surface area contributed by atoms with Crippen LogP contribution in [0.4, 0.5) is 0 Å². The molecule has 3 nitrogen and oxygen atoms in total. The van der Waals surface area contributed by atoms with Crippen LogP contribution in [0.2, 0.25) is 0 Å². The van der Waals surface area contributed by atoms with Crippen LogP contribution in [0, 0.1) is 11.8 Å². The van der Waals surface area contributed by atoms with Crippen molar-refractivity contribution in [3.63, 3.8) is 0 Å². The summed E-state index contributed by atoms with van der Waals surface area (Å²) in [5.74, 6) is 5.94. The molecular formula is C16H17NO2. The summed E-state index contributed by atoms with van der Waals surface area (Å²) >= 11 is 0. The molecule has 2 saturated heterocycles. The van der Waals surface area contributed by atoms with Gasteiger partial charge in [-0.25, -0.2) is 4.79 Å². The van der Waals surface area contributed by atoms with Gasteiger partial charge in [0.2, 0.25) is 0 Å². The summed E-state index contributed by atoms with van der Waals surface area (Å²) in [7, 11) is 0. The van der Waals surface area contributed by atoms with E-state index in [0.29, 0.717) is 12.1 Å². The molecule has 0 unspecified atom stereocenters. The normalized spacial score (nSPS) is 39.5. The van der Waals surface area contributed by atoms with Crippen molar-refractivity contribution in [1.82, 2.24) is 4.90 Å². The number of esters is 1. The Balaban J connectivity index is 1.87. The number of carbonyl (C=O) groups excluding carboxylic acids is 1. The molecule has 0 aromatic rings. The van der Waals surface area contributed by atoms with E-state index >= 15 is 0 Å². The Kier molecular flexibility index (Phi) is 2.23. The SMILES string of the molecule is CC#CC1=C[C@@H]2C[C@@]3(OC(=O)C=C13)[C@H]1CCCCN21. The molecule has 2 bridgehead atoms. The fourth-order valence-corrected chi connectivity index (χ4v) is 4.30. The van der Waals surface area contributed by atoms with E-state index in [2.05, 4.69) is 22.8 Å². The van der Waals surface area contributed by atoms with Crippen molar-refractivity contribution in [3.05, 3.63) is 23.3 Å². The van der Waals surface area contributed by atoms with Crippen LogP contribution in [0.3, 0.4) is 0 Å².